The molecule has 0 fully saturated rings. The molecule has 126 valence electrons. The molecule has 0 aliphatic carbocycles. The molecule has 6 heteroatoms. The molecule has 4 N–H and O–H groups in total. The molecule has 2 rings (SSSR count). The number of guanidine groups is 1. The van der Waals surface area contributed by atoms with Gasteiger partial charge in [0.2, 0.25) is 5.96 Å². The van der Waals surface area contributed by atoms with Crippen molar-refractivity contribution in [3.8, 4) is 11.5 Å². The number of benzene rings is 2. The third kappa shape index (κ3) is 5.31. The summed E-state index contributed by atoms with van der Waals surface area (Å²) in [6.45, 7) is 4.99. The second-order valence-corrected chi connectivity index (χ2v) is 5.18. The van der Waals surface area contributed by atoms with Crippen molar-refractivity contribution in [2.24, 2.45) is 21.7 Å². The summed E-state index contributed by atoms with van der Waals surface area (Å²) in [6, 6.07) is 13.8. The van der Waals surface area contributed by atoms with Gasteiger partial charge >= 0.3 is 0 Å². The number of nitrogens with zero attached hydrogens (tertiary/aromatic N) is 2. The predicted molar refractivity (Wildman–Crippen MR) is 96.5 cm³/mol. The quantitative estimate of drug-likeness (QED) is 0.464. The molecular weight excluding hydrogens is 304 g/mol. The summed E-state index contributed by atoms with van der Waals surface area (Å²) in [5.41, 5.74) is 13.6. The van der Waals surface area contributed by atoms with Gasteiger partial charge in [-0.15, -0.1) is 5.10 Å². The second kappa shape index (κ2) is 8.57. The summed E-state index contributed by atoms with van der Waals surface area (Å²) in [5.74, 6) is 1.24. The van der Waals surface area contributed by atoms with E-state index in [1.165, 1.54) is 5.56 Å². The maximum absolute atomic E-state index is 5.88. The minimum atomic E-state index is -0.0886. The monoisotopic (exact) mass is 326 g/mol. The molecule has 0 bridgehead atoms. The highest BCUT2D eigenvalue weighted by Gasteiger charge is 2.06. The highest BCUT2D eigenvalue weighted by Crippen LogP contribution is 2.29. The van der Waals surface area contributed by atoms with Gasteiger partial charge in [-0.2, -0.15) is 5.10 Å². The largest absolute Gasteiger partial charge is 0.490 e. The molecule has 0 saturated carbocycles. The van der Waals surface area contributed by atoms with Crippen LogP contribution in [0.25, 0.3) is 0 Å². The average molecular weight is 326 g/mol. The van der Waals surface area contributed by atoms with E-state index < -0.39 is 0 Å². The Hall–Kier alpha value is -3.02. The van der Waals surface area contributed by atoms with Gasteiger partial charge in [0, 0.05) is 0 Å². The maximum Gasteiger partial charge on any atom is 0.211 e. The van der Waals surface area contributed by atoms with Crippen LogP contribution in [0.4, 0.5) is 0 Å². The van der Waals surface area contributed by atoms with Crippen molar-refractivity contribution in [3.05, 3.63) is 59.2 Å². The fraction of sp³-hybridized carbons (Fsp3) is 0.222. The summed E-state index contributed by atoms with van der Waals surface area (Å²) < 4.78 is 11.5. The van der Waals surface area contributed by atoms with E-state index in [-0.39, 0.29) is 5.96 Å². The van der Waals surface area contributed by atoms with Crippen LogP contribution in [-0.4, -0.2) is 18.8 Å². The van der Waals surface area contributed by atoms with Gasteiger partial charge in [-0.1, -0.05) is 29.8 Å². The van der Waals surface area contributed by atoms with Crippen molar-refractivity contribution in [1.29, 1.82) is 0 Å². The van der Waals surface area contributed by atoms with Crippen molar-refractivity contribution >= 4 is 12.2 Å². The van der Waals surface area contributed by atoms with Crippen molar-refractivity contribution in [3.63, 3.8) is 0 Å². The number of rotatable bonds is 7. The summed E-state index contributed by atoms with van der Waals surface area (Å²) in [4.78, 5) is 0. The minimum Gasteiger partial charge on any atom is -0.490 e. The number of hydrogen-bond donors (Lipinski definition) is 2. The summed E-state index contributed by atoms with van der Waals surface area (Å²) in [6.07, 6.45) is 1.55. The van der Waals surface area contributed by atoms with Crippen LogP contribution in [0.15, 0.2) is 52.7 Å². The van der Waals surface area contributed by atoms with Crippen LogP contribution < -0.4 is 20.9 Å². The lowest BCUT2D eigenvalue weighted by Gasteiger charge is -2.12. The molecule has 0 spiro atoms. The number of nitrogens with two attached hydrogens (primary N) is 2. The molecule has 2 aromatic rings. The molecule has 0 aliphatic heterocycles. The van der Waals surface area contributed by atoms with E-state index >= 15 is 0 Å². The molecule has 0 unspecified atom stereocenters. The average Bonchev–Trinajstić information content (AvgIpc) is 2.55. The first kappa shape index (κ1) is 17.3. The standard InChI is InChI=1S/C18H22N4O2/c1-3-23-17-10-15(11-21-22-18(19)20)8-9-16(17)24-12-14-6-4-13(2)5-7-14/h4-11H,3,12H2,1-2H3,(H4,19,20,22). The highest BCUT2D eigenvalue weighted by molar-refractivity contribution is 5.82. The zero-order chi connectivity index (χ0) is 17.4. The van der Waals surface area contributed by atoms with Crippen LogP contribution >= 0.6 is 0 Å². The van der Waals surface area contributed by atoms with Gasteiger partial charge in [0.25, 0.3) is 0 Å². The Balaban J connectivity index is 2.12. The Kier molecular flexibility index (Phi) is 6.19. The summed E-state index contributed by atoms with van der Waals surface area (Å²) in [7, 11) is 0. The summed E-state index contributed by atoms with van der Waals surface area (Å²) >= 11 is 0. The van der Waals surface area contributed by atoms with Gasteiger partial charge in [-0.25, -0.2) is 0 Å². The Morgan fingerprint density at radius 2 is 1.79 bits per heavy atom. The molecule has 0 aromatic heterocycles. The topological polar surface area (TPSA) is 95.2 Å². The Morgan fingerprint density at radius 3 is 2.46 bits per heavy atom. The zero-order valence-corrected chi connectivity index (χ0v) is 13.9. The first-order valence-electron chi connectivity index (χ1n) is 7.65. The first-order chi connectivity index (χ1) is 11.6. The van der Waals surface area contributed by atoms with E-state index in [1.807, 2.05) is 37.3 Å². The van der Waals surface area contributed by atoms with E-state index in [0.717, 1.165) is 11.1 Å². The molecule has 0 saturated heterocycles. The number of aryl methyl sites for hydroxylation is 1. The van der Waals surface area contributed by atoms with E-state index in [9.17, 15) is 0 Å². The highest BCUT2D eigenvalue weighted by atomic mass is 16.5. The van der Waals surface area contributed by atoms with Gasteiger partial charge < -0.3 is 20.9 Å². The fourth-order valence-corrected chi connectivity index (χ4v) is 2.00. The van der Waals surface area contributed by atoms with E-state index in [4.69, 9.17) is 20.9 Å². The van der Waals surface area contributed by atoms with Gasteiger partial charge in [0.15, 0.2) is 11.5 Å². The minimum absolute atomic E-state index is 0.0886. The first-order valence-corrected chi connectivity index (χ1v) is 7.65. The molecular formula is C18H22N4O2. The van der Waals surface area contributed by atoms with Crippen LogP contribution in [0.5, 0.6) is 11.5 Å². The molecule has 0 atom stereocenters. The normalized spacial score (nSPS) is 10.6. The lowest BCUT2D eigenvalue weighted by Crippen LogP contribution is -2.21. The van der Waals surface area contributed by atoms with Gasteiger partial charge in [0.1, 0.15) is 6.61 Å². The fourth-order valence-electron chi connectivity index (χ4n) is 2.00. The number of ether oxygens (including phenoxy) is 2. The third-order valence-corrected chi connectivity index (χ3v) is 3.16. The third-order valence-electron chi connectivity index (χ3n) is 3.16. The lowest BCUT2D eigenvalue weighted by molar-refractivity contribution is 0.269. The second-order valence-electron chi connectivity index (χ2n) is 5.18. The summed E-state index contributed by atoms with van der Waals surface area (Å²) in [5, 5.41) is 7.36. The van der Waals surface area contributed by atoms with Crippen molar-refractivity contribution in [1.82, 2.24) is 0 Å². The van der Waals surface area contributed by atoms with E-state index in [0.29, 0.717) is 24.7 Å². The Labute approximate surface area is 141 Å². The van der Waals surface area contributed by atoms with Crippen LogP contribution in [0.1, 0.15) is 23.6 Å². The van der Waals surface area contributed by atoms with Crippen LogP contribution in [0.2, 0.25) is 0 Å². The molecule has 0 radical (unpaired) electrons. The lowest BCUT2D eigenvalue weighted by atomic mass is 10.2. The molecule has 0 aliphatic rings. The maximum atomic E-state index is 5.88. The molecule has 6 nitrogen and oxygen atoms in total. The zero-order valence-electron chi connectivity index (χ0n) is 13.9. The Morgan fingerprint density at radius 1 is 1.04 bits per heavy atom. The van der Waals surface area contributed by atoms with Gasteiger partial charge in [-0.05, 0) is 43.2 Å². The van der Waals surface area contributed by atoms with Crippen molar-refractivity contribution < 1.29 is 9.47 Å². The van der Waals surface area contributed by atoms with E-state index in [2.05, 4.69) is 29.3 Å². The van der Waals surface area contributed by atoms with Gasteiger partial charge in [-0.3, -0.25) is 0 Å². The van der Waals surface area contributed by atoms with E-state index in [1.54, 1.807) is 6.21 Å². The van der Waals surface area contributed by atoms with Crippen molar-refractivity contribution in [2.75, 3.05) is 6.61 Å². The van der Waals surface area contributed by atoms with Crippen LogP contribution in [-0.2, 0) is 6.61 Å². The van der Waals surface area contributed by atoms with Crippen molar-refractivity contribution in [2.45, 2.75) is 20.5 Å². The smallest absolute Gasteiger partial charge is 0.211 e. The number of hydrogen-bond acceptors (Lipinski definition) is 4. The SMILES string of the molecule is CCOc1cc(C=NN=C(N)N)ccc1OCc1ccc(C)cc1. The molecule has 0 amide bonds. The van der Waals surface area contributed by atoms with Gasteiger partial charge in [0.05, 0.1) is 12.8 Å². The molecule has 24 heavy (non-hydrogen) atoms. The molecule has 2 aromatic carbocycles. The van der Waals surface area contributed by atoms with Crippen LogP contribution in [0, 0.1) is 6.92 Å². The predicted octanol–water partition coefficient (Wildman–Crippen LogP) is 2.58. The van der Waals surface area contributed by atoms with Crippen LogP contribution in [0.3, 0.4) is 0 Å². The molecule has 0 heterocycles. The Bertz CT molecular complexity index is 720.